The van der Waals surface area contributed by atoms with E-state index in [0.29, 0.717) is 12.6 Å². The van der Waals surface area contributed by atoms with E-state index in [2.05, 4.69) is 27.1 Å². The smallest absolute Gasteiger partial charge is 0.207 e. The minimum atomic E-state index is 0.593. The SMILES string of the molecule is CCOc1cccc(-n2cc(C)nc2NC2CC2)c1. The molecule has 0 spiro atoms. The molecular formula is C15H19N3O. The summed E-state index contributed by atoms with van der Waals surface area (Å²) in [5.41, 5.74) is 2.10. The van der Waals surface area contributed by atoms with E-state index >= 15 is 0 Å². The maximum atomic E-state index is 5.55. The number of anilines is 1. The van der Waals surface area contributed by atoms with Gasteiger partial charge in [-0.3, -0.25) is 4.57 Å². The average Bonchev–Trinajstić information content (AvgIpc) is 3.12. The highest BCUT2D eigenvalue weighted by Crippen LogP contribution is 2.27. The van der Waals surface area contributed by atoms with Crippen LogP contribution in [0.15, 0.2) is 30.5 Å². The summed E-state index contributed by atoms with van der Waals surface area (Å²) in [5.74, 6) is 1.82. The highest BCUT2D eigenvalue weighted by atomic mass is 16.5. The summed E-state index contributed by atoms with van der Waals surface area (Å²) in [5, 5.41) is 3.47. The van der Waals surface area contributed by atoms with Crippen LogP contribution in [0.25, 0.3) is 5.69 Å². The van der Waals surface area contributed by atoms with Gasteiger partial charge < -0.3 is 10.1 Å². The molecule has 1 aromatic heterocycles. The van der Waals surface area contributed by atoms with Crippen molar-refractivity contribution < 1.29 is 4.74 Å². The molecule has 0 aliphatic heterocycles. The van der Waals surface area contributed by atoms with E-state index in [1.165, 1.54) is 12.8 Å². The third-order valence-electron chi connectivity index (χ3n) is 3.14. The molecule has 0 unspecified atom stereocenters. The Kier molecular flexibility index (Phi) is 3.15. The first-order valence-corrected chi connectivity index (χ1v) is 6.82. The summed E-state index contributed by atoms with van der Waals surface area (Å²) in [4.78, 5) is 4.55. The molecule has 0 atom stereocenters. The van der Waals surface area contributed by atoms with Gasteiger partial charge in [0.05, 0.1) is 18.0 Å². The van der Waals surface area contributed by atoms with Gasteiger partial charge in [-0.1, -0.05) is 6.07 Å². The second kappa shape index (κ2) is 4.96. The molecule has 19 heavy (non-hydrogen) atoms. The largest absolute Gasteiger partial charge is 0.494 e. The zero-order valence-electron chi connectivity index (χ0n) is 11.4. The zero-order valence-corrected chi connectivity index (χ0v) is 11.4. The zero-order chi connectivity index (χ0) is 13.2. The quantitative estimate of drug-likeness (QED) is 0.894. The predicted octanol–water partition coefficient (Wildman–Crippen LogP) is 3.15. The Morgan fingerprint density at radius 1 is 1.42 bits per heavy atom. The van der Waals surface area contributed by atoms with Gasteiger partial charge in [-0.05, 0) is 38.8 Å². The van der Waals surface area contributed by atoms with Crippen molar-refractivity contribution in [1.82, 2.24) is 9.55 Å². The van der Waals surface area contributed by atoms with E-state index in [1.54, 1.807) is 0 Å². The molecule has 1 fully saturated rings. The van der Waals surface area contributed by atoms with Crippen LogP contribution >= 0.6 is 0 Å². The number of hydrogen-bond donors (Lipinski definition) is 1. The van der Waals surface area contributed by atoms with E-state index < -0.39 is 0 Å². The summed E-state index contributed by atoms with van der Waals surface area (Å²) in [6.45, 7) is 4.69. The standard InChI is InChI=1S/C15H19N3O/c1-3-19-14-6-4-5-13(9-14)18-10-11(2)16-15(18)17-12-7-8-12/h4-6,9-10,12H,3,7-8H2,1-2H3,(H,16,17). The van der Waals surface area contributed by atoms with Crippen LogP contribution in [0.3, 0.4) is 0 Å². The Morgan fingerprint density at radius 2 is 2.26 bits per heavy atom. The number of hydrogen-bond acceptors (Lipinski definition) is 3. The van der Waals surface area contributed by atoms with Gasteiger partial charge in [0.1, 0.15) is 5.75 Å². The first-order valence-electron chi connectivity index (χ1n) is 6.82. The van der Waals surface area contributed by atoms with Crippen molar-refractivity contribution in [2.45, 2.75) is 32.7 Å². The highest BCUT2D eigenvalue weighted by Gasteiger charge is 2.23. The van der Waals surface area contributed by atoms with Crippen LogP contribution in [-0.2, 0) is 0 Å². The van der Waals surface area contributed by atoms with Gasteiger partial charge in [-0.2, -0.15) is 0 Å². The highest BCUT2D eigenvalue weighted by molar-refractivity contribution is 5.47. The number of aromatic nitrogens is 2. The minimum Gasteiger partial charge on any atom is -0.494 e. The Hall–Kier alpha value is -1.97. The maximum Gasteiger partial charge on any atom is 0.207 e. The summed E-state index contributed by atoms with van der Waals surface area (Å²) in [7, 11) is 0. The van der Waals surface area contributed by atoms with Gasteiger partial charge in [0.25, 0.3) is 0 Å². The molecule has 1 aliphatic rings. The number of benzene rings is 1. The fourth-order valence-corrected chi connectivity index (χ4v) is 2.10. The molecule has 4 nitrogen and oxygen atoms in total. The molecule has 0 bridgehead atoms. The lowest BCUT2D eigenvalue weighted by Gasteiger charge is -2.10. The van der Waals surface area contributed by atoms with E-state index in [9.17, 15) is 0 Å². The molecule has 0 saturated heterocycles. The van der Waals surface area contributed by atoms with Crippen LogP contribution in [0, 0.1) is 6.92 Å². The normalized spacial score (nSPS) is 14.4. The Bertz CT molecular complexity index is 573. The average molecular weight is 257 g/mol. The van der Waals surface area contributed by atoms with E-state index in [4.69, 9.17) is 4.74 Å². The van der Waals surface area contributed by atoms with Crippen LogP contribution in [0.4, 0.5) is 5.95 Å². The fraction of sp³-hybridized carbons (Fsp3) is 0.400. The molecule has 0 amide bonds. The molecule has 1 aromatic carbocycles. The lowest BCUT2D eigenvalue weighted by molar-refractivity contribution is 0.340. The number of nitrogens with one attached hydrogen (secondary N) is 1. The molecule has 1 heterocycles. The summed E-state index contributed by atoms with van der Waals surface area (Å²) >= 11 is 0. The molecule has 4 heteroatoms. The van der Waals surface area contributed by atoms with Gasteiger partial charge in [-0.25, -0.2) is 4.98 Å². The van der Waals surface area contributed by atoms with Gasteiger partial charge in [0, 0.05) is 18.3 Å². The van der Waals surface area contributed by atoms with Gasteiger partial charge in [-0.15, -0.1) is 0 Å². The third-order valence-corrected chi connectivity index (χ3v) is 3.14. The van der Waals surface area contributed by atoms with Crippen LogP contribution < -0.4 is 10.1 Å². The van der Waals surface area contributed by atoms with Crippen molar-refractivity contribution >= 4 is 5.95 Å². The summed E-state index contributed by atoms with van der Waals surface area (Å²) in [6.07, 6.45) is 4.53. The van der Waals surface area contributed by atoms with Crippen molar-refractivity contribution in [2.75, 3.05) is 11.9 Å². The number of imidazole rings is 1. The monoisotopic (exact) mass is 257 g/mol. The van der Waals surface area contributed by atoms with Crippen LogP contribution in [0.2, 0.25) is 0 Å². The fourth-order valence-electron chi connectivity index (χ4n) is 2.10. The molecule has 1 saturated carbocycles. The Labute approximate surface area is 113 Å². The van der Waals surface area contributed by atoms with Crippen molar-refractivity contribution in [1.29, 1.82) is 0 Å². The molecule has 0 radical (unpaired) electrons. The molecule has 3 rings (SSSR count). The Morgan fingerprint density at radius 3 is 3.00 bits per heavy atom. The molecule has 2 aromatic rings. The second-order valence-electron chi connectivity index (χ2n) is 4.92. The van der Waals surface area contributed by atoms with Crippen molar-refractivity contribution in [3.8, 4) is 11.4 Å². The van der Waals surface area contributed by atoms with Crippen LogP contribution in [0.5, 0.6) is 5.75 Å². The number of ether oxygens (including phenoxy) is 1. The predicted molar refractivity (Wildman–Crippen MR) is 76.1 cm³/mol. The van der Waals surface area contributed by atoms with Gasteiger partial charge in [0.2, 0.25) is 5.95 Å². The number of aryl methyl sites for hydroxylation is 1. The van der Waals surface area contributed by atoms with Crippen LogP contribution in [-0.4, -0.2) is 22.2 Å². The number of rotatable bonds is 5. The second-order valence-corrected chi connectivity index (χ2v) is 4.92. The third kappa shape index (κ3) is 2.72. The van der Waals surface area contributed by atoms with Gasteiger partial charge >= 0.3 is 0 Å². The van der Waals surface area contributed by atoms with Crippen LogP contribution in [0.1, 0.15) is 25.5 Å². The van der Waals surface area contributed by atoms with Crippen molar-refractivity contribution in [2.24, 2.45) is 0 Å². The van der Waals surface area contributed by atoms with Crippen molar-refractivity contribution in [3.05, 3.63) is 36.2 Å². The van der Waals surface area contributed by atoms with Crippen molar-refractivity contribution in [3.63, 3.8) is 0 Å². The maximum absolute atomic E-state index is 5.55. The first kappa shape index (κ1) is 12.1. The van der Waals surface area contributed by atoms with E-state index in [-0.39, 0.29) is 0 Å². The Balaban J connectivity index is 1.93. The van der Waals surface area contributed by atoms with E-state index in [1.807, 2.05) is 32.0 Å². The lowest BCUT2D eigenvalue weighted by atomic mass is 10.3. The minimum absolute atomic E-state index is 0.593. The molecule has 1 aliphatic carbocycles. The summed E-state index contributed by atoms with van der Waals surface area (Å²) < 4.78 is 7.65. The molecular weight excluding hydrogens is 238 g/mol. The summed E-state index contributed by atoms with van der Waals surface area (Å²) in [6, 6.07) is 8.70. The first-order chi connectivity index (χ1) is 9.26. The number of nitrogens with zero attached hydrogens (tertiary/aromatic N) is 2. The molecule has 1 N–H and O–H groups in total. The van der Waals surface area contributed by atoms with E-state index in [0.717, 1.165) is 23.1 Å². The topological polar surface area (TPSA) is 39.1 Å². The molecule has 100 valence electrons. The lowest BCUT2D eigenvalue weighted by Crippen LogP contribution is -2.07. The van der Waals surface area contributed by atoms with Gasteiger partial charge in [0.15, 0.2) is 0 Å².